The van der Waals surface area contributed by atoms with Crippen molar-refractivity contribution in [3.8, 4) is 0 Å². The van der Waals surface area contributed by atoms with Crippen LogP contribution in [0.25, 0.3) is 0 Å². The summed E-state index contributed by atoms with van der Waals surface area (Å²) in [5.74, 6) is -0.789. The van der Waals surface area contributed by atoms with E-state index in [9.17, 15) is 23.3 Å². The first-order valence-electron chi connectivity index (χ1n) is 6.13. The summed E-state index contributed by atoms with van der Waals surface area (Å²) in [5, 5.41) is 10.8. The van der Waals surface area contributed by atoms with E-state index in [2.05, 4.69) is 0 Å². The lowest BCUT2D eigenvalue weighted by Crippen LogP contribution is -2.36. The van der Waals surface area contributed by atoms with Gasteiger partial charge in [0.25, 0.3) is 5.69 Å². The Morgan fingerprint density at radius 1 is 1.45 bits per heavy atom. The predicted octanol–water partition coefficient (Wildman–Crippen LogP) is 1.97. The lowest BCUT2D eigenvalue weighted by atomic mass is 10.3. The fraction of sp³-hybridized carbons (Fsp3) is 0.417. The number of hydrogen-bond acceptors (Lipinski definition) is 6. The minimum atomic E-state index is -3.89. The number of nitrogens with zero attached hydrogens (tertiary/aromatic N) is 2. The second-order valence-electron chi connectivity index (χ2n) is 4.70. The van der Waals surface area contributed by atoms with Gasteiger partial charge >= 0.3 is 5.97 Å². The number of benzene rings is 1. The van der Waals surface area contributed by atoms with Crippen LogP contribution in [0.1, 0.15) is 13.8 Å². The van der Waals surface area contributed by atoms with Gasteiger partial charge in [0.1, 0.15) is 6.54 Å². The summed E-state index contributed by atoms with van der Waals surface area (Å²) in [6.07, 6.45) is 0.444. The van der Waals surface area contributed by atoms with Crippen LogP contribution in [0.4, 0.5) is 11.4 Å². The molecule has 0 saturated carbocycles. The molecule has 0 saturated heterocycles. The second-order valence-corrected chi connectivity index (χ2v) is 7.02. The van der Waals surface area contributed by atoms with Gasteiger partial charge in [-0.2, -0.15) is 0 Å². The van der Waals surface area contributed by atoms with Crippen molar-refractivity contribution in [2.75, 3.05) is 17.1 Å². The van der Waals surface area contributed by atoms with Crippen molar-refractivity contribution in [3.05, 3.63) is 33.3 Å². The molecule has 0 unspecified atom stereocenters. The molecule has 22 heavy (non-hydrogen) atoms. The Morgan fingerprint density at radius 3 is 2.50 bits per heavy atom. The number of rotatable bonds is 6. The maximum Gasteiger partial charge on any atom is 0.327 e. The van der Waals surface area contributed by atoms with E-state index in [1.165, 1.54) is 6.07 Å². The third kappa shape index (κ3) is 4.85. The summed E-state index contributed by atoms with van der Waals surface area (Å²) in [6.45, 7) is 2.60. The van der Waals surface area contributed by atoms with Gasteiger partial charge in [-0.1, -0.05) is 11.6 Å². The number of halogens is 1. The molecule has 0 spiro atoms. The molecule has 0 amide bonds. The Balaban J connectivity index is 3.27. The standard InChI is InChI=1S/C12H15ClN2O6S/c1-8(2)21-12(16)7-14(22(3,19)20)11-6-9(15(17)18)4-5-10(11)13/h4-6,8H,7H2,1-3H3. The van der Waals surface area contributed by atoms with Crippen molar-refractivity contribution in [1.29, 1.82) is 0 Å². The summed E-state index contributed by atoms with van der Waals surface area (Å²) >= 11 is 5.91. The molecule has 0 aliphatic carbocycles. The average molecular weight is 351 g/mol. The molecule has 1 aromatic rings. The average Bonchev–Trinajstić information content (AvgIpc) is 2.34. The zero-order valence-electron chi connectivity index (χ0n) is 12.1. The highest BCUT2D eigenvalue weighted by Crippen LogP contribution is 2.31. The van der Waals surface area contributed by atoms with E-state index in [0.717, 1.165) is 18.4 Å². The van der Waals surface area contributed by atoms with Gasteiger partial charge < -0.3 is 4.74 Å². The van der Waals surface area contributed by atoms with Gasteiger partial charge in [0.05, 0.1) is 28.0 Å². The molecule has 0 heterocycles. The van der Waals surface area contributed by atoms with Gasteiger partial charge in [-0.3, -0.25) is 19.2 Å². The first-order chi connectivity index (χ1) is 10.0. The van der Waals surface area contributed by atoms with Crippen LogP contribution >= 0.6 is 11.6 Å². The molecule has 0 aromatic heterocycles. The van der Waals surface area contributed by atoms with Gasteiger partial charge in [0.15, 0.2) is 0 Å². The van der Waals surface area contributed by atoms with E-state index in [4.69, 9.17) is 16.3 Å². The monoisotopic (exact) mass is 350 g/mol. The first-order valence-corrected chi connectivity index (χ1v) is 8.36. The molecule has 0 bridgehead atoms. The molecule has 0 aliphatic rings. The Morgan fingerprint density at radius 2 is 2.05 bits per heavy atom. The lowest BCUT2D eigenvalue weighted by molar-refractivity contribution is -0.384. The van der Waals surface area contributed by atoms with Crippen molar-refractivity contribution >= 4 is 39.0 Å². The summed E-state index contributed by atoms with van der Waals surface area (Å²) in [7, 11) is -3.89. The van der Waals surface area contributed by atoms with E-state index in [0.29, 0.717) is 4.31 Å². The van der Waals surface area contributed by atoms with Gasteiger partial charge in [0.2, 0.25) is 10.0 Å². The van der Waals surface area contributed by atoms with Crippen molar-refractivity contribution in [1.82, 2.24) is 0 Å². The van der Waals surface area contributed by atoms with Crippen molar-refractivity contribution in [3.63, 3.8) is 0 Å². The van der Waals surface area contributed by atoms with E-state index in [1.807, 2.05) is 0 Å². The number of hydrogen-bond donors (Lipinski definition) is 0. The molecule has 122 valence electrons. The van der Waals surface area contributed by atoms with Crippen LogP contribution in [0, 0.1) is 10.1 Å². The lowest BCUT2D eigenvalue weighted by Gasteiger charge is -2.22. The summed E-state index contributed by atoms with van der Waals surface area (Å²) in [6, 6.07) is 3.33. The van der Waals surface area contributed by atoms with Gasteiger partial charge in [-0.25, -0.2) is 8.42 Å². The molecule has 8 nitrogen and oxygen atoms in total. The van der Waals surface area contributed by atoms with Gasteiger partial charge in [-0.15, -0.1) is 0 Å². The van der Waals surface area contributed by atoms with E-state index in [1.54, 1.807) is 13.8 Å². The highest BCUT2D eigenvalue weighted by molar-refractivity contribution is 7.92. The van der Waals surface area contributed by atoms with Crippen LogP contribution in [-0.2, 0) is 19.6 Å². The topological polar surface area (TPSA) is 107 Å². The number of ether oxygens (including phenoxy) is 1. The summed E-state index contributed by atoms with van der Waals surface area (Å²) < 4.78 is 29.3. The Hall–Kier alpha value is -1.87. The van der Waals surface area contributed by atoms with E-state index < -0.39 is 33.6 Å². The number of carbonyl (C=O) groups excluding carboxylic acids is 1. The van der Waals surface area contributed by atoms with Crippen molar-refractivity contribution in [2.45, 2.75) is 20.0 Å². The molecule has 0 atom stereocenters. The van der Waals surface area contributed by atoms with E-state index in [-0.39, 0.29) is 16.4 Å². The van der Waals surface area contributed by atoms with Crippen LogP contribution in [0.15, 0.2) is 18.2 Å². The molecule has 0 radical (unpaired) electrons. The van der Waals surface area contributed by atoms with Crippen LogP contribution in [-0.4, -0.2) is 38.2 Å². The Bertz CT molecular complexity index is 689. The maximum atomic E-state index is 11.9. The highest BCUT2D eigenvalue weighted by Gasteiger charge is 2.26. The van der Waals surface area contributed by atoms with E-state index >= 15 is 0 Å². The minimum absolute atomic E-state index is 0.0339. The second kappa shape index (κ2) is 6.93. The van der Waals surface area contributed by atoms with Crippen LogP contribution in [0.5, 0.6) is 0 Å². The molecular weight excluding hydrogens is 336 g/mol. The number of anilines is 1. The van der Waals surface area contributed by atoms with Crippen LogP contribution in [0.2, 0.25) is 5.02 Å². The van der Waals surface area contributed by atoms with Crippen LogP contribution in [0.3, 0.4) is 0 Å². The summed E-state index contributed by atoms with van der Waals surface area (Å²) in [4.78, 5) is 21.8. The number of nitro benzene ring substituents is 1. The molecule has 0 aliphatic heterocycles. The normalized spacial score (nSPS) is 11.3. The zero-order chi connectivity index (χ0) is 17.1. The third-order valence-electron chi connectivity index (χ3n) is 2.45. The highest BCUT2D eigenvalue weighted by atomic mass is 35.5. The number of non-ortho nitro benzene ring substituents is 1. The Labute approximate surface area is 132 Å². The zero-order valence-corrected chi connectivity index (χ0v) is 13.7. The van der Waals surface area contributed by atoms with Gasteiger partial charge in [-0.05, 0) is 19.9 Å². The fourth-order valence-electron chi connectivity index (χ4n) is 1.60. The molecular formula is C12H15ClN2O6S. The fourth-order valence-corrected chi connectivity index (χ4v) is 2.72. The molecule has 1 aromatic carbocycles. The molecule has 10 heteroatoms. The largest absolute Gasteiger partial charge is 0.462 e. The smallest absolute Gasteiger partial charge is 0.327 e. The predicted molar refractivity (Wildman–Crippen MR) is 81.5 cm³/mol. The third-order valence-corrected chi connectivity index (χ3v) is 3.90. The SMILES string of the molecule is CC(C)OC(=O)CN(c1cc([N+](=O)[O-])ccc1Cl)S(C)(=O)=O. The van der Waals surface area contributed by atoms with Crippen LogP contribution < -0.4 is 4.31 Å². The Kier molecular flexibility index (Phi) is 5.72. The number of nitro groups is 1. The minimum Gasteiger partial charge on any atom is -0.462 e. The maximum absolute atomic E-state index is 11.9. The molecule has 1 rings (SSSR count). The number of esters is 1. The van der Waals surface area contributed by atoms with Crippen molar-refractivity contribution < 1.29 is 22.9 Å². The first kappa shape index (κ1) is 18.2. The number of carbonyl (C=O) groups is 1. The number of sulfonamides is 1. The quantitative estimate of drug-likeness (QED) is 0.441. The summed E-state index contributed by atoms with van der Waals surface area (Å²) in [5.41, 5.74) is -0.496. The molecule has 0 N–H and O–H groups in total. The van der Waals surface area contributed by atoms with Crippen molar-refractivity contribution in [2.24, 2.45) is 0 Å². The van der Waals surface area contributed by atoms with Gasteiger partial charge in [0, 0.05) is 12.1 Å². The molecule has 0 fully saturated rings.